The Labute approximate surface area is 259 Å². The first-order valence-electron chi connectivity index (χ1n) is 15.0. The lowest BCUT2D eigenvalue weighted by molar-refractivity contribution is -0.224. The number of halogens is 1. The fourth-order valence-electron chi connectivity index (χ4n) is 8.52. The summed E-state index contributed by atoms with van der Waals surface area (Å²) in [7, 11) is 0. The molecule has 4 aliphatic carbocycles. The molecule has 234 valence electrons. The molecule has 0 amide bonds. The zero-order valence-electron chi connectivity index (χ0n) is 25.0. The van der Waals surface area contributed by atoms with Gasteiger partial charge in [-0.2, -0.15) is 5.26 Å². The van der Waals surface area contributed by atoms with Crippen molar-refractivity contribution in [2.75, 3.05) is 6.61 Å². The van der Waals surface area contributed by atoms with E-state index in [1.807, 2.05) is 0 Å². The molecule has 3 fully saturated rings. The number of carbonyl (C=O) groups excluding carboxylic acids is 3. The number of benzene rings is 2. The Morgan fingerprint density at radius 2 is 1.84 bits per heavy atom. The quantitative estimate of drug-likeness (QED) is 0.402. The van der Waals surface area contributed by atoms with Crippen LogP contribution in [0.3, 0.4) is 0 Å². The molecule has 0 spiro atoms. The van der Waals surface area contributed by atoms with Crippen LogP contribution in [0.15, 0.2) is 72.3 Å². The van der Waals surface area contributed by atoms with Crippen LogP contribution in [0, 0.1) is 34.0 Å². The number of carbonyl (C=O) groups is 3. The van der Waals surface area contributed by atoms with E-state index < -0.39 is 58.6 Å². The van der Waals surface area contributed by atoms with Crippen LogP contribution in [0.25, 0.3) is 0 Å². The van der Waals surface area contributed by atoms with E-state index in [1.165, 1.54) is 36.4 Å². The molecule has 3 saturated carbocycles. The Bertz CT molecular complexity index is 1660. The van der Waals surface area contributed by atoms with E-state index in [0.29, 0.717) is 36.3 Å². The number of allylic oxidation sites excluding steroid dienone is 4. The average molecular weight is 616 g/mol. The fraction of sp³-hybridized carbons (Fsp3) is 0.429. The number of esters is 2. The number of rotatable bonds is 6. The van der Waals surface area contributed by atoms with Gasteiger partial charge in [0.1, 0.15) is 23.3 Å². The molecule has 9 nitrogen and oxygen atoms in total. The Morgan fingerprint density at radius 1 is 1.09 bits per heavy atom. The van der Waals surface area contributed by atoms with Crippen LogP contribution in [0.2, 0.25) is 0 Å². The maximum Gasteiger partial charge on any atom is 0.352 e. The van der Waals surface area contributed by atoms with Gasteiger partial charge in [0.2, 0.25) is 5.60 Å². The first-order chi connectivity index (χ1) is 21.4. The van der Waals surface area contributed by atoms with Crippen LogP contribution in [-0.2, 0) is 19.1 Å². The molecular formula is C35H34FNO8. The number of ketones is 1. The highest BCUT2D eigenvalue weighted by molar-refractivity contribution is 6.01. The molecule has 2 aromatic carbocycles. The molecule has 4 aliphatic rings. The van der Waals surface area contributed by atoms with Gasteiger partial charge in [0.25, 0.3) is 0 Å². The number of nitriles is 1. The van der Waals surface area contributed by atoms with Crippen molar-refractivity contribution in [2.24, 2.45) is 22.7 Å². The number of aliphatic hydroxyl groups excluding tert-OH is 1. The lowest BCUT2D eigenvalue weighted by Gasteiger charge is -2.62. The normalized spacial score (nSPS) is 34.8. The molecule has 45 heavy (non-hydrogen) atoms. The van der Waals surface area contributed by atoms with Crippen LogP contribution < -0.4 is 4.74 Å². The first-order valence-corrected chi connectivity index (χ1v) is 15.0. The number of hydrogen-bond acceptors (Lipinski definition) is 9. The second-order valence-electron chi connectivity index (χ2n) is 12.9. The van der Waals surface area contributed by atoms with Crippen molar-refractivity contribution in [3.8, 4) is 23.3 Å². The monoisotopic (exact) mass is 615 g/mol. The summed E-state index contributed by atoms with van der Waals surface area (Å²) in [5, 5.41) is 30.5. The largest absolute Gasteiger partial charge is 0.508 e. The molecule has 0 bridgehead atoms. The minimum Gasteiger partial charge on any atom is -0.508 e. The van der Waals surface area contributed by atoms with Gasteiger partial charge in [-0.05, 0) is 93.5 Å². The second-order valence-corrected chi connectivity index (χ2v) is 12.9. The van der Waals surface area contributed by atoms with Gasteiger partial charge in [-0.25, -0.2) is 14.0 Å². The number of phenols is 1. The number of hydrogen-bond donors (Lipinski definition) is 2. The highest BCUT2D eigenvalue weighted by Crippen LogP contribution is 2.70. The van der Waals surface area contributed by atoms with Gasteiger partial charge in [-0.1, -0.05) is 24.6 Å². The van der Waals surface area contributed by atoms with Gasteiger partial charge in [0.05, 0.1) is 11.7 Å². The Hall–Kier alpha value is -4.49. The van der Waals surface area contributed by atoms with Crippen LogP contribution in [0.4, 0.5) is 4.39 Å². The van der Waals surface area contributed by atoms with Crippen molar-refractivity contribution >= 4 is 17.7 Å². The molecule has 0 heterocycles. The number of aromatic hydroxyl groups is 1. The lowest BCUT2D eigenvalue weighted by Crippen LogP contribution is -2.69. The number of aliphatic hydroxyl groups is 1. The number of phenolic OH excluding ortho intramolecular Hbond substituents is 1. The lowest BCUT2D eigenvalue weighted by atomic mass is 9.45. The van der Waals surface area contributed by atoms with Crippen molar-refractivity contribution in [3.05, 3.63) is 77.9 Å². The topological polar surface area (TPSA) is 143 Å². The molecule has 0 saturated heterocycles. The molecule has 0 aliphatic heterocycles. The molecule has 2 N–H and O–H groups in total. The molecule has 2 unspecified atom stereocenters. The van der Waals surface area contributed by atoms with E-state index in [1.54, 1.807) is 50.3 Å². The van der Waals surface area contributed by atoms with Crippen molar-refractivity contribution < 1.29 is 43.2 Å². The number of alkyl halides is 1. The molecule has 2 aromatic rings. The Balaban J connectivity index is 1.31. The molecule has 7 atom stereocenters. The van der Waals surface area contributed by atoms with Crippen LogP contribution in [0.5, 0.6) is 17.2 Å². The van der Waals surface area contributed by atoms with Crippen molar-refractivity contribution in [2.45, 2.75) is 63.3 Å². The maximum atomic E-state index is 17.5. The van der Waals surface area contributed by atoms with E-state index in [-0.39, 0.29) is 29.9 Å². The summed E-state index contributed by atoms with van der Waals surface area (Å²) in [6, 6.07) is 14.0. The molecule has 6 rings (SSSR count). The zero-order chi connectivity index (χ0) is 32.2. The minimum absolute atomic E-state index is 0.0237. The van der Waals surface area contributed by atoms with Gasteiger partial charge in [0.15, 0.2) is 18.1 Å². The Kier molecular flexibility index (Phi) is 7.36. The summed E-state index contributed by atoms with van der Waals surface area (Å²) in [4.78, 5) is 39.6. The molecular weight excluding hydrogens is 581 g/mol. The zero-order valence-corrected chi connectivity index (χ0v) is 25.0. The SMILES string of the molecule is C[C@]12C=CC(=O)C=C1CC[C@H]1[C@@H]3CCC(OC(=O)c4ccc(Oc5cccc(O)c5)cc4)(C(=O)OCC#N)[C@@]3(C)C[C@H](O)C12F. The average Bonchev–Trinajstić information content (AvgIpc) is 3.29. The number of ether oxygens (including phenoxy) is 3. The van der Waals surface area contributed by atoms with Crippen molar-refractivity contribution in [3.63, 3.8) is 0 Å². The third-order valence-electron chi connectivity index (χ3n) is 10.8. The number of fused-ring (bicyclic) bond motifs is 5. The van der Waals surface area contributed by atoms with E-state index >= 15 is 4.39 Å². The van der Waals surface area contributed by atoms with Crippen LogP contribution >= 0.6 is 0 Å². The molecule has 0 aromatic heterocycles. The summed E-state index contributed by atoms with van der Waals surface area (Å²) in [6.45, 7) is 2.87. The van der Waals surface area contributed by atoms with E-state index in [0.717, 1.165) is 0 Å². The minimum atomic E-state index is -2.12. The predicted octanol–water partition coefficient (Wildman–Crippen LogP) is 5.52. The van der Waals surface area contributed by atoms with E-state index in [4.69, 9.17) is 19.5 Å². The van der Waals surface area contributed by atoms with E-state index in [9.17, 15) is 24.6 Å². The first kappa shape index (κ1) is 30.5. The van der Waals surface area contributed by atoms with Crippen LogP contribution in [0.1, 0.15) is 56.3 Å². The Morgan fingerprint density at radius 3 is 2.56 bits per heavy atom. The number of nitrogens with zero attached hydrogens (tertiary/aromatic N) is 1. The summed E-state index contributed by atoms with van der Waals surface area (Å²) in [5.41, 5.74) is -5.70. The van der Waals surface area contributed by atoms with Crippen LogP contribution in [-0.4, -0.2) is 51.9 Å². The second kappa shape index (κ2) is 10.8. The van der Waals surface area contributed by atoms with Gasteiger partial charge in [-0.3, -0.25) is 4.79 Å². The van der Waals surface area contributed by atoms with E-state index in [2.05, 4.69) is 0 Å². The third-order valence-corrected chi connectivity index (χ3v) is 10.8. The molecule has 10 heteroatoms. The van der Waals surface area contributed by atoms with Gasteiger partial charge < -0.3 is 24.4 Å². The summed E-state index contributed by atoms with van der Waals surface area (Å²) in [5.74, 6) is -2.31. The van der Waals surface area contributed by atoms with Crippen molar-refractivity contribution in [1.82, 2.24) is 0 Å². The summed E-state index contributed by atoms with van der Waals surface area (Å²) >= 11 is 0. The smallest absolute Gasteiger partial charge is 0.352 e. The maximum absolute atomic E-state index is 17.5. The van der Waals surface area contributed by atoms with Gasteiger partial charge in [-0.15, -0.1) is 0 Å². The fourth-order valence-corrected chi connectivity index (χ4v) is 8.52. The van der Waals surface area contributed by atoms with Crippen molar-refractivity contribution in [1.29, 1.82) is 5.26 Å². The highest BCUT2D eigenvalue weighted by Gasteiger charge is 2.76. The predicted molar refractivity (Wildman–Crippen MR) is 158 cm³/mol. The third kappa shape index (κ3) is 4.55. The summed E-state index contributed by atoms with van der Waals surface area (Å²) < 4.78 is 34.6. The van der Waals surface area contributed by atoms with Gasteiger partial charge in [0, 0.05) is 22.8 Å². The molecule has 0 radical (unpaired) electrons. The highest BCUT2D eigenvalue weighted by atomic mass is 19.1. The summed E-state index contributed by atoms with van der Waals surface area (Å²) in [6.07, 6.45) is 3.73. The standard InChI is InChI=1S/C35H34FNO8/c1-32-14-12-24(39)18-22(32)8-11-28-27-13-15-34(31(42)43-17-16-37,33(27,2)20-29(40)35(28,32)36)45-30(41)21-6-9-25(10-7-21)44-26-5-3-4-23(38)19-26/h3-7,9-10,12,14,18-19,27-29,38,40H,8,11,13,15,17,20H2,1-2H3/t27-,28-,29-,32-,33-,34?,35?/m0/s1. The van der Waals surface area contributed by atoms with Gasteiger partial charge >= 0.3 is 11.9 Å².